The molecule has 1 heterocycles. The molecule has 116 valence electrons. The molecule has 1 aliphatic rings. The van der Waals surface area contributed by atoms with Crippen LogP contribution in [0, 0.1) is 0 Å². The second-order valence-electron chi connectivity index (χ2n) is 5.42. The largest absolute Gasteiger partial charge is 0.392 e. The highest BCUT2D eigenvalue weighted by atomic mass is 35.5. The molecule has 0 radical (unpaired) electrons. The van der Waals surface area contributed by atoms with Crippen molar-refractivity contribution < 1.29 is 9.90 Å². The van der Waals surface area contributed by atoms with E-state index in [1.54, 1.807) is 6.92 Å². The maximum atomic E-state index is 12.1. The first kappa shape index (κ1) is 16.1. The Morgan fingerprint density at radius 3 is 2.48 bits per heavy atom. The van der Waals surface area contributed by atoms with E-state index in [1.165, 1.54) is 0 Å². The predicted molar refractivity (Wildman–Crippen MR) is 83.4 cm³/mol. The number of benzene rings is 1. The Hall–Kier alpha value is -1.30. The Morgan fingerprint density at radius 1 is 1.29 bits per heavy atom. The van der Waals surface area contributed by atoms with Crippen molar-refractivity contribution in [1.29, 1.82) is 0 Å². The highest BCUT2D eigenvalue weighted by molar-refractivity contribution is 6.30. The fourth-order valence-corrected chi connectivity index (χ4v) is 2.52. The molecule has 1 fully saturated rings. The second kappa shape index (κ2) is 7.64. The van der Waals surface area contributed by atoms with Gasteiger partial charge in [0.25, 0.3) is 0 Å². The number of β-amino-alcohol motifs (C(OH)–C–C–N with tert-alkyl or cyclic N) is 1. The number of hydrogen-bond acceptors (Lipinski definition) is 3. The van der Waals surface area contributed by atoms with Gasteiger partial charge in [0.1, 0.15) is 0 Å². The molecule has 1 aliphatic heterocycles. The van der Waals surface area contributed by atoms with Crippen molar-refractivity contribution in [2.45, 2.75) is 19.6 Å². The smallest absolute Gasteiger partial charge is 0.317 e. The van der Waals surface area contributed by atoms with Gasteiger partial charge in [0.2, 0.25) is 0 Å². The number of aliphatic hydroxyl groups is 1. The average Bonchev–Trinajstić information content (AvgIpc) is 2.46. The SMILES string of the molecule is C[C@H](O)CN1CCN(C(=O)NCc2ccc(Cl)cc2)CC1. The zero-order valence-corrected chi connectivity index (χ0v) is 13.0. The number of piperazine rings is 1. The van der Waals surface area contributed by atoms with Gasteiger partial charge in [0, 0.05) is 44.3 Å². The number of nitrogens with one attached hydrogen (secondary N) is 1. The topological polar surface area (TPSA) is 55.8 Å². The summed E-state index contributed by atoms with van der Waals surface area (Å²) in [6.45, 7) is 5.95. The summed E-state index contributed by atoms with van der Waals surface area (Å²) < 4.78 is 0. The highest BCUT2D eigenvalue weighted by Gasteiger charge is 2.21. The average molecular weight is 312 g/mol. The monoisotopic (exact) mass is 311 g/mol. The van der Waals surface area contributed by atoms with Gasteiger partial charge in [-0.1, -0.05) is 23.7 Å². The third kappa shape index (κ3) is 5.19. The van der Waals surface area contributed by atoms with E-state index in [1.807, 2.05) is 29.2 Å². The molecule has 2 rings (SSSR count). The molecule has 1 atom stereocenters. The Kier molecular flexibility index (Phi) is 5.85. The molecule has 2 amide bonds. The van der Waals surface area contributed by atoms with Crippen LogP contribution in [0.2, 0.25) is 5.02 Å². The lowest BCUT2D eigenvalue weighted by atomic mass is 10.2. The minimum absolute atomic E-state index is 0.0401. The van der Waals surface area contributed by atoms with E-state index < -0.39 is 0 Å². The Balaban J connectivity index is 1.73. The van der Waals surface area contributed by atoms with Gasteiger partial charge in [-0.25, -0.2) is 4.79 Å². The van der Waals surface area contributed by atoms with E-state index in [0.717, 1.165) is 18.7 Å². The molecule has 0 unspecified atom stereocenters. The maximum absolute atomic E-state index is 12.1. The number of amides is 2. The van der Waals surface area contributed by atoms with E-state index in [4.69, 9.17) is 11.6 Å². The zero-order chi connectivity index (χ0) is 15.2. The van der Waals surface area contributed by atoms with Gasteiger partial charge in [-0.3, -0.25) is 4.90 Å². The lowest BCUT2D eigenvalue weighted by Gasteiger charge is -2.35. The van der Waals surface area contributed by atoms with E-state index in [2.05, 4.69) is 10.2 Å². The Labute approximate surface area is 130 Å². The lowest BCUT2D eigenvalue weighted by molar-refractivity contribution is 0.0897. The number of carbonyl (C=O) groups excluding carboxylic acids is 1. The summed E-state index contributed by atoms with van der Waals surface area (Å²) in [4.78, 5) is 16.1. The molecule has 0 aromatic heterocycles. The minimum atomic E-state index is -0.324. The first-order valence-electron chi connectivity index (χ1n) is 7.22. The Bertz CT molecular complexity index is 456. The van der Waals surface area contributed by atoms with Gasteiger partial charge < -0.3 is 15.3 Å². The summed E-state index contributed by atoms with van der Waals surface area (Å²) in [6, 6.07) is 7.41. The predicted octanol–water partition coefficient (Wildman–Crippen LogP) is 1.55. The molecule has 0 spiro atoms. The van der Waals surface area contributed by atoms with Gasteiger partial charge in [-0.05, 0) is 24.6 Å². The van der Waals surface area contributed by atoms with Crippen LogP contribution in [-0.4, -0.2) is 59.8 Å². The highest BCUT2D eigenvalue weighted by Crippen LogP contribution is 2.09. The lowest BCUT2D eigenvalue weighted by Crippen LogP contribution is -2.52. The maximum Gasteiger partial charge on any atom is 0.317 e. The second-order valence-corrected chi connectivity index (χ2v) is 5.86. The van der Waals surface area contributed by atoms with Crippen LogP contribution in [0.1, 0.15) is 12.5 Å². The molecule has 21 heavy (non-hydrogen) atoms. The van der Waals surface area contributed by atoms with Crippen molar-refractivity contribution in [3.05, 3.63) is 34.9 Å². The summed E-state index contributed by atoms with van der Waals surface area (Å²) >= 11 is 5.83. The molecule has 1 aromatic rings. The fraction of sp³-hybridized carbons (Fsp3) is 0.533. The van der Waals surface area contributed by atoms with Crippen molar-refractivity contribution in [2.75, 3.05) is 32.7 Å². The third-order valence-corrected chi connectivity index (χ3v) is 3.79. The number of hydrogen-bond donors (Lipinski definition) is 2. The van der Waals surface area contributed by atoms with Crippen molar-refractivity contribution in [3.63, 3.8) is 0 Å². The van der Waals surface area contributed by atoms with Crippen molar-refractivity contribution in [1.82, 2.24) is 15.1 Å². The Morgan fingerprint density at radius 2 is 1.90 bits per heavy atom. The van der Waals surface area contributed by atoms with Crippen LogP contribution in [0.4, 0.5) is 4.79 Å². The summed E-state index contributed by atoms with van der Waals surface area (Å²) in [7, 11) is 0. The molecular weight excluding hydrogens is 290 g/mol. The van der Waals surface area contributed by atoms with Gasteiger partial charge in [-0.2, -0.15) is 0 Å². The van der Waals surface area contributed by atoms with Crippen LogP contribution >= 0.6 is 11.6 Å². The normalized spacial score (nSPS) is 17.6. The molecule has 2 N–H and O–H groups in total. The molecule has 6 heteroatoms. The standard InChI is InChI=1S/C15H22ClN3O2/c1-12(20)11-18-6-8-19(9-7-18)15(21)17-10-13-2-4-14(16)5-3-13/h2-5,12,20H,6-11H2,1H3,(H,17,21)/t12-/m0/s1. The van der Waals surface area contributed by atoms with Crippen molar-refractivity contribution >= 4 is 17.6 Å². The molecule has 0 saturated carbocycles. The molecule has 5 nitrogen and oxygen atoms in total. The number of nitrogens with zero attached hydrogens (tertiary/aromatic N) is 2. The van der Waals surface area contributed by atoms with Crippen LogP contribution in [-0.2, 0) is 6.54 Å². The summed E-state index contributed by atoms with van der Waals surface area (Å²) in [5, 5.41) is 13.0. The van der Waals surface area contributed by atoms with E-state index >= 15 is 0 Å². The fourth-order valence-electron chi connectivity index (χ4n) is 2.40. The molecule has 0 bridgehead atoms. The molecular formula is C15H22ClN3O2. The van der Waals surface area contributed by atoms with Gasteiger partial charge >= 0.3 is 6.03 Å². The van der Waals surface area contributed by atoms with Crippen molar-refractivity contribution in [3.8, 4) is 0 Å². The molecule has 1 saturated heterocycles. The minimum Gasteiger partial charge on any atom is -0.392 e. The quantitative estimate of drug-likeness (QED) is 0.887. The number of carbonyl (C=O) groups is 1. The number of urea groups is 1. The summed E-state index contributed by atoms with van der Waals surface area (Å²) in [5.74, 6) is 0. The van der Waals surface area contributed by atoms with E-state index in [-0.39, 0.29) is 12.1 Å². The van der Waals surface area contributed by atoms with Crippen LogP contribution in [0.15, 0.2) is 24.3 Å². The van der Waals surface area contributed by atoms with Crippen LogP contribution in [0.5, 0.6) is 0 Å². The number of halogens is 1. The van der Waals surface area contributed by atoms with Crippen LogP contribution < -0.4 is 5.32 Å². The number of aliphatic hydroxyl groups excluding tert-OH is 1. The summed E-state index contributed by atoms with van der Waals surface area (Å²) in [5.41, 5.74) is 1.03. The number of rotatable bonds is 4. The van der Waals surface area contributed by atoms with E-state index in [0.29, 0.717) is 31.2 Å². The van der Waals surface area contributed by atoms with Gasteiger partial charge in [0.15, 0.2) is 0 Å². The van der Waals surface area contributed by atoms with Gasteiger partial charge in [0.05, 0.1) is 6.10 Å². The van der Waals surface area contributed by atoms with Crippen molar-refractivity contribution in [2.24, 2.45) is 0 Å². The molecule has 0 aliphatic carbocycles. The van der Waals surface area contributed by atoms with Crippen LogP contribution in [0.25, 0.3) is 0 Å². The summed E-state index contributed by atoms with van der Waals surface area (Å²) in [6.07, 6.45) is -0.324. The first-order valence-corrected chi connectivity index (χ1v) is 7.60. The van der Waals surface area contributed by atoms with E-state index in [9.17, 15) is 9.90 Å². The van der Waals surface area contributed by atoms with Crippen LogP contribution in [0.3, 0.4) is 0 Å². The first-order chi connectivity index (χ1) is 10.0. The zero-order valence-electron chi connectivity index (χ0n) is 12.3. The molecule has 1 aromatic carbocycles. The third-order valence-electron chi connectivity index (χ3n) is 3.54. The van der Waals surface area contributed by atoms with Gasteiger partial charge in [-0.15, -0.1) is 0 Å².